The van der Waals surface area contributed by atoms with Gasteiger partial charge in [-0.2, -0.15) is 5.10 Å². The molecule has 0 fully saturated rings. The molecule has 0 aliphatic heterocycles. The maximum Gasteiger partial charge on any atom is 0.0677 e. The van der Waals surface area contributed by atoms with Crippen molar-refractivity contribution in [3.63, 3.8) is 0 Å². The Labute approximate surface area is 113 Å². The van der Waals surface area contributed by atoms with Gasteiger partial charge in [-0.15, -0.1) is 0 Å². The summed E-state index contributed by atoms with van der Waals surface area (Å²) in [5.74, 6) is 0. The van der Waals surface area contributed by atoms with Crippen molar-refractivity contribution in [3.05, 3.63) is 46.2 Å². The largest absolute Gasteiger partial charge is 0.399 e. The molecular formula is C14H18ClN3. The predicted molar refractivity (Wildman–Crippen MR) is 75.9 cm³/mol. The summed E-state index contributed by atoms with van der Waals surface area (Å²) in [6.45, 7) is 4.92. The standard InChI is InChI=1S/C14H18ClN3/c1-3-12-8-13(4-2)18(17-12)9-10-7-11(16)5-6-14(10)15/h5-8H,3-4,9,16H2,1-2H3. The number of halogens is 1. The van der Waals surface area contributed by atoms with Crippen molar-refractivity contribution in [2.24, 2.45) is 0 Å². The smallest absolute Gasteiger partial charge is 0.0677 e. The van der Waals surface area contributed by atoms with E-state index < -0.39 is 0 Å². The van der Waals surface area contributed by atoms with Gasteiger partial charge in [0.15, 0.2) is 0 Å². The van der Waals surface area contributed by atoms with Crippen LogP contribution in [-0.2, 0) is 19.4 Å². The van der Waals surface area contributed by atoms with Crippen molar-refractivity contribution in [1.82, 2.24) is 9.78 Å². The van der Waals surface area contributed by atoms with Crippen molar-refractivity contribution >= 4 is 17.3 Å². The van der Waals surface area contributed by atoms with Crippen molar-refractivity contribution < 1.29 is 0 Å². The van der Waals surface area contributed by atoms with Gasteiger partial charge in [-0.1, -0.05) is 25.4 Å². The van der Waals surface area contributed by atoms with E-state index in [9.17, 15) is 0 Å². The molecular weight excluding hydrogens is 246 g/mol. The Morgan fingerprint density at radius 2 is 2.00 bits per heavy atom. The number of anilines is 1. The normalized spacial score (nSPS) is 10.8. The minimum absolute atomic E-state index is 0.674. The van der Waals surface area contributed by atoms with Crippen LogP contribution in [0.5, 0.6) is 0 Å². The summed E-state index contributed by atoms with van der Waals surface area (Å²) in [4.78, 5) is 0. The van der Waals surface area contributed by atoms with Crippen molar-refractivity contribution in [3.8, 4) is 0 Å². The Bertz CT molecular complexity index is 546. The van der Waals surface area contributed by atoms with Gasteiger partial charge in [0.2, 0.25) is 0 Å². The number of nitrogens with zero attached hydrogens (tertiary/aromatic N) is 2. The zero-order valence-corrected chi connectivity index (χ0v) is 11.5. The summed E-state index contributed by atoms with van der Waals surface area (Å²) in [5.41, 5.74) is 9.88. The Morgan fingerprint density at radius 1 is 1.22 bits per heavy atom. The van der Waals surface area contributed by atoms with E-state index in [4.69, 9.17) is 17.3 Å². The molecule has 2 aromatic rings. The molecule has 2 rings (SSSR count). The lowest BCUT2D eigenvalue weighted by atomic mass is 10.2. The number of nitrogen functional groups attached to an aromatic ring is 1. The molecule has 1 aromatic carbocycles. The monoisotopic (exact) mass is 263 g/mol. The Morgan fingerprint density at radius 3 is 2.67 bits per heavy atom. The van der Waals surface area contributed by atoms with Gasteiger partial charge in [-0.25, -0.2) is 0 Å². The summed E-state index contributed by atoms with van der Waals surface area (Å²) >= 11 is 6.19. The highest BCUT2D eigenvalue weighted by atomic mass is 35.5. The zero-order valence-electron chi connectivity index (χ0n) is 10.8. The van der Waals surface area contributed by atoms with Crippen molar-refractivity contribution in [1.29, 1.82) is 0 Å². The first kappa shape index (κ1) is 13.0. The van der Waals surface area contributed by atoms with E-state index in [1.807, 2.05) is 22.9 Å². The molecule has 2 N–H and O–H groups in total. The van der Waals surface area contributed by atoms with E-state index in [0.29, 0.717) is 6.54 Å². The number of nitrogens with two attached hydrogens (primary N) is 1. The highest BCUT2D eigenvalue weighted by Gasteiger charge is 2.08. The minimum Gasteiger partial charge on any atom is -0.399 e. The van der Waals surface area contributed by atoms with Crippen molar-refractivity contribution in [2.75, 3.05) is 5.73 Å². The third-order valence-electron chi connectivity index (χ3n) is 3.03. The van der Waals surface area contributed by atoms with Crippen LogP contribution < -0.4 is 5.73 Å². The Hall–Kier alpha value is -1.48. The Kier molecular flexibility index (Phi) is 3.92. The van der Waals surface area contributed by atoms with Gasteiger partial charge in [0.05, 0.1) is 12.2 Å². The molecule has 1 heterocycles. The first-order valence-electron chi connectivity index (χ1n) is 6.23. The van der Waals surface area contributed by atoms with Crippen LogP contribution in [0.3, 0.4) is 0 Å². The second-order valence-electron chi connectivity index (χ2n) is 4.34. The molecule has 18 heavy (non-hydrogen) atoms. The van der Waals surface area contributed by atoms with Crippen LogP contribution >= 0.6 is 11.6 Å². The van der Waals surface area contributed by atoms with Crippen LogP contribution in [0.1, 0.15) is 30.8 Å². The lowest BCUT2D eigenvalue weighted by Gasteiger charge is -2.08. The molecule has 96 valence electrons. The second kappa shape index (κ2) is 5.44. The first-order chi connectivity index (χ1) is 8.63. The Balaban J connectivity index is 2.32. The topological polar surface area (TPSA) is 43.8 Å². The van der Waals surface area contributed by atoms with Crippen molar-refractivity contribution in [2.45, 2.75) is 33.2 Å². The van der Waals surface area contributed by atoms with Gasteiger partial charge < -0.3 is 5.73 Å². The minimum atomic E-state index is 0.674. The highest BCUT2D eigenvalue weighted by Crippen LogP contribution is 2.20. The van der Waals surface area contributed by atoms with Gasteiger partial charge in [-0.05, 0) is 42.7 Å². The first-order valence-corrected chi connectivity index (χ1v) is 6.61. The van der Waals surface area contributed by atoms with E-state index in [0.717, 1.165) is 34.8 Å². The van der Waals surface area contributed by atoms with E-state index in [1.54, 1.807) is 0 Å². The highest BCUT2D eigenvalue weighted by molar-refractivity contribution is 6.31. The lowest BCUT2D eigenvalue weighted by molar-refractivity contribution is 0.641. The second-order valence-corrected chi connectivity index (χ2v) is 4.75. The van der Waals surface area contributed by atoms with Crippen LogP contribution in [0.25, 0.3) is 0 Å². The summed E-state index contributed by atoms with van der Waals surface area (Å²) in [7, 11) is 0. The fourth-order valence-electron chi connectivity index (χ4n) is 1.99. The van der Waals surface area contributed by atoms with Crippen LogP contribution in [0.4, 0.5) is 5.69 Å². The molecule has 0 radical (unpaired) electrons. The summed E-state index contributed by atoms with van der Waals surface area (Å²) in [5, 5.41) is 5.32. The fourth-order valence-corrected chi connectivity index (χ4v) is 2.16. The average molecular weight is 264 g/mol. The van der Waals surface area contributed by atoms with Gasteiger partial charge in [0.1, 0.15) is 0 Å². The number of hydrogen-bond acceptors (Lipinski definition) is 2. The molecule has 0 aliphatic rings. The van der Waals surface area contributed by atoms with Gasteiger partial charge in [0.25, 0.3) is 0 Å². The quantitative estimate of drug-likeness (QED) is 0.861. The number of rotatable bonds is 4. The number of benzene rings is 1. The van der Waals surface area contributed by atoms with Crippen LogP contribution in [0, 0.1) is 0 Å². The lowest BCUT2D eigenvalue weighted by Crippen LogP contribution is -2.07. The van der Waals surface area contributed by atoms with Crippen LogP contribution in [-0.4, -0.2) is 9.78 Å². The maximum absolute atomic E-state index is 6.19. The maximum atomic E-state index is 6.19. The molecule has 0 saturated carbocycles. The summed E-state index contributed by atoms with van der Waals surface area (Å²) < 4.78 is 2.01. The molecule has 0 atom stereocenters. The number of aryl methyl sites for hydroxylation is 2. The number of hydrogen-bond donors (Lipinski definition) is 1. The van der Waals surface area contributed by atoms with Crippen LogP contribution in [0.2, 0.25) is 5.02 Å². The third-order valence-corrected chi connectivity index (χ3v) is 3.40. The third kappa shape index (κ3) is 2.67. The van der Waals surface area contributed by atoms with E-state index in [1.165, 1.54) is 5.69 Å². The molecule has 0 unspecified atom stereocenters. The van der Waals surface area contributed by atoms with E-state index in [-0.39, 0.29) is 0 Å². The van der Waals surface area contributed by atoms with E-state index in [2.05, 4.69) is 25.0 Å². The number of aromatic nitrogens is 2. The summed E-state index contributed by atoms with van der Waals surface area (Å²) in [6.07, 6.45) is 1.91. The van der Waals surface area contributed by atoms with Gasteiger partial charge in [0, 0.05) is 16.4 Å². The fraction of sp³-hybridized carbons (Fsp3) is 0.357. The SMILES string of the molecule is CCc1cc(CC)n(Cc2cc(N)ccc2Cl)n1. The molecule has 4 heteroatoms. The molecule has 0 amide bonds. The van der Waals surface area contributed by atoms with Gasteiger partial charge >= 0.3 is 0 Å². The zero-order chi connectivity index (χ0) is 13.1. The molecule has 0 spiro atoms. The predicted octanol–water partition coefficient (Wildman–Crippen LogP) is 3.29. The summed E-state index contributed by atoms with van der Waals surface area (Å²) in [6, 6.07) is 7.71. The molecule has 0 saturated heterocycles. The van der Waals surface area contributed by atoms with E-state index >= 15 is 0 Å². The molecule has 0 aliphatic carbocycles. The average Bonchev–Trinajstić information content (AvgIpc) is 2.76. The molecule has 1 aromatic heterocycles. The molecule has 0 bridgehead atoms. The van der Waals surface area contributed by atoms with Gasteiger partial charge in [-0.3, -0.25) is 4.68 Å². The molecule has 3 nitrogen and oxygen atoms in total. The van der Waals surface area contributed by atoms with Crippen LogP contribution in [0.15, 0.2) is 24.3 Å².